The molecule has 1 fully saturated rings. The predicted octanol–water partition coefficient (Wildman–Crippen LogP) is 0.600. The number of hydrogen-bond donors (Lipinski definition) is 1. The topological polar surface area (TPSA) is 45.5 Å². The Morgan fingerprint density at radius 2 is 2.57 bits per heavy atom. The maximum atomic E-state index is 11.7. The van der Waals surface area contributed by atoms with E-state index in [0.717, 1.165) is 18.8 Å². The van der Waals surface area contributed by atoms with Gasteiger partial charge in [-0.15, -0.1) is 0 Å². The van der Waals surface area contributed by atoms with Crippen molar-refractivity contribution in [3.05, 3.63) is 24.2 Å². The van der Waals surface area contributed by atoms with E-state index in [0.29, 0.717) is 6.54 Å². The summed E-state index contributed by atoms with van der Waals surface area (Å²) in [5.41, 5.74) is 0. The van der Waals surface area contributed by atoms with E-state index in [1.54, 1.807) is 6.26 Å². The van der Waals surface area contributed by atoms with Gasteiger partial charge in [-0.3, -0.25) is 4.79 Å². The smallest absolute Gasteiger partial charge is 0.239 e. The lowest BCUT2D eigenvalue weighted by Gasteiger charge is -2.30. The summed E-state index contributed by atoms with van der Waals surface area (Å²) in [4.78, 5) is 13.5. The Morgan fingerprint density at radius 1 is 1.71 bits per heavy atom. The zero-order valence-corrected chi connectivity index (χ0v) is 8.19. The standard InChI is InChI=1S/C10H14N2O2/c1-8-10(13)12(5-4-11-8)7-9-3-2-6-14-9/h2-3,6,8,11H,4-5,7H2,1H3. The van der Waals surface area contributed by atoms with Crippen LogP contribution in [-0.2, 0) is 11.3 Å². The molecule has 1 unspecified atom stereocenters. The minimum atomic E-state index is -0.0706. The van der Waals surface area contributed by atoms with Gasteiger partial charge in [0.05, 0.1) is 18.8 Å². The molecule has 0 radical (unpaired) electrons. The molecule has 1 saturated heterocycles. The van der Waals surface area contributed by atoms with Crippen molar-refractivity contribution in [3.63, 3.8) is 0 Å². The highest BCUT2D eigenvalue weighted by Gasteiger charge is 2.24. The summed E-state index contributed by atoms with van der Waals surface area (Å²) in [6.07, 6.45) is 1.63. The Bertz CT molecular complexity index is 308. The second-order valence-electron chi connectivity index (χ2n) is 3.51. The van der Waals surface area contributed by atoms with Gasteiger partial charge in [0, 0.05) is 13.1 Å². The molecule has 1 aliphatic heterocycles. The van der Waals surface area contributed by atoms with Crippen molar-refractivity contribution in [2.45, 2.75) is 19.5 Å². The highest BCUT2D eigenvalue weighted by molar-refractivity contribution is 5.82. The fraction of sp³-hybridized carbons (Fsp3) is 0.500. The Labute approximate surface area is 82.9 Å². The molecule has 1 atom stereocenters. The monoisotopic (exact) mass is 194 g/mol. The molecule has 2 heterocycles. The van der Waals surface area contributed by atoms with Crippen LogP contribution >= 0.6 is 0 Å². The molecule has 0 aliphatic carbocycles. The van der Waals surface area contributed by atoms with E-state index in [1.165, 1.54) is 0 Å². The van der Waals surface area contributed by atoms with Crippen LogP contribution in [0.15, 0.2) is 22.8 Å². The van der Waals surface area contributed by atoms with E-state index in [1.807, 2.05) is 24.0 Å². The number of nitrogens with one attached hydrogen (secondary N) is 1. The Morgan fingerprint density at radius 3 is 3.29 bits per heavy atom. The molecule has 1 aromatic rings. The fourth-order valence-corrected chi connectivity index (χ4v) is 1.64. The summed E-state index contributed by atoms with van der Waals surface area (Å²) in [5.74, 6) is 0.986. The van der Waals surface area contributed by atoms with Crippen LogP contribution < -0.4 is 5.32 Å². The summed E-state index contributed by atoms with van der Waals surface area (Å²) in [6.45, 7) is 4.08. The van der Waals surface area contributed by atoms with Crippen molar-refractivity contribution in [1.29, 1.82) is 0 Å². The predicted molar refractivity (Wildman–Crippen MR) is 51.6 cm³/mol. The third-order valence-electron chi connectivity index (χ3n) is 2.44. The molecular formula is C10H14N2O2. The minimum absolute atomic E-state index is 0.0706. The van der Waals surface area contributed by atoms with Gasteiger partial charge >= 0.3 is 0 Å². The van der Waals surface area contributed by atoms with Gasteiger partial charge in [0.1, 0.15) is 5.76 Å². The first kappa shape index (κ1) is 9.27. The van der Waals surface area contributed by atoms with Crippen molar-refractivity contribution in [1.82, 2.24) is 10.2 Å². The van der Waals surface area contributed by atoms with Gasteiger partial charge in [-0.05, 0) is 19.1 Å². The molecule has 14 heavy (non-hydrogen) atoms. The van der Waals surface area contributed by atoms with Crippen LogP contribution in [0.5, 0.6) is 0 Å². The van der Waals surface area contributed by atoms with Crippen molar-refractivity contribution in [2.75, 3.05) is 13.1 Å². The summed E-state index contributed by atoms with van der Waals surface area (Å²) in [6, 6.07) is 3.66. The maximum Gasteiger partial charge on any atom is 0.239 e. The lowest BCUT2D eigenvalue weighted by atomic mass is 10.2. The minimum Gasteiger partial charge on any atom is -0.467 e. The normalized spacial score (nSPS) is 22.8. The van der Waals surface area contributed by atoms with E-state index in [-0.39, 0.29) is 11.9 Å². The number of rotatable bonds is 2. The van der Waals surface area contributed by atoms with E-state index >= 15 is 0 Å². The average Bonchev–Trinajstić information content (AvgIpc) is 2.66. The highest BCUT2D eigenvalue weighted by Crippen LogP contribution is 2.08. The highest BCUT2D eigenvalue weighted by atomic mass is 16.3. The number of furan rings is 1. The van der Waals surface area contributed by atoms with Gasteiger partial charge in [-0.2, -0.15) is 0 Å². The molecule has 2 rings (SSSR count). The average molecular weight is 194 g/mol. The van der Waals surface area contributed by atoms with Crippen molar-refractivity contribution in [2.24, 2.45) is 0 Å². The first-order valence-electron chi connectivity index (χ1n) is 4.82. The van der Waals surface area contributed by atoms with Crippen LogP contribution in [-0.4, -0.2) is 29.9 Å². The third kappa shape index (κ3) is 1.80. The van der Waals surface area contributed by atoms with Gasteiger partial charge in [0.15, 0.2) is 0 Å². The molecule has 1 aromatic heterocycles. The number of amides is 1. The molecule has 0 aromatic carbocycles. The summed E-state index contributed by atoms with van der Waals surface area (Å²) in [5, 5.41) is 3.12. The number of nitrogens with zero attached hydrogens (tertiary/aromatic N) is 1. The summed E-state index contributed by atoms with van der Waals surface area (Å²) < 4.78 is 5.21. The lowest BCUT2D eigenvalue weighted by molar-refractivity contribution is -0.136. The molecule has 1 aliphatic rings. The van der Waals surface area contributed by atoms with Gasteiger partial charge < -0.3 is 14.6 Å². The quantitative estimate of drug-likeness (QED) is 0.750. The Balaban J connectivity index is 2.00. The van der Waals surface area contributed by atoms with Gasteiger partial charge in [-0.1, -0.05) is 0 Å². The number of hydrogen-bond acceptors (Lipinski definition) is 3. The third-order valence-corrected chi connectivity index (χ3v) is 2.44. The van der Waals surface area contributed by atoms with Crippen LogP contribution in [0, 0.1) is 0 Å². The molecule has 4 nitrogen and oxygen atoms in total. The zero-order chi connectivity index (χ0) is 9.97. The van der Waals surface area contributed by atoms with Crippen LogP contribution in [0.4, 0.5) is 0 Å². The molecule has 0 saturated carbocycles. The Hall–Kier alpha value is -1.29. The van der Waals surface area contributed by atoms with Crippen molar-refractivity contribution < 1.29 is 9.21 Å². The second-order valence-corrected chi connectivity index (χ2v) is 3.51. The van der Waals surface area contributed by atoms with Crippen LogP contribution in [0.2, 0.25) is 0 Å². The molecule has 0 bridgehead atoms. The fourth-order valence-electron chi connectivity index (χ4n) is 1.64. The summed E-state index contributed by atoms with van der Waals surface area (Å²) >= 11 is 0. The van der Waals surface area contributed by atoms with Crippen LogP contribution in [0.3, 0.4) is 0 Å². The van der Waals surface area contributed by atoms with Gasteiger partial charge in [0.25, 0.3) is 0 Å². The molecule has 76 valence electrons. The van der Waals surface area contributed by atoms with Gasteiger partial charge in [0.2, 0.25) is 5.91 Å². The van der Waals surface area contributed by atoms with Crippen LogP contribution in [0.25, 0.3) is 0 Å². The first-order valence-corrected chi connectivity index (χ1v) is 4.82. The van der Waals surface area contributed by atoms with Crippen molar-refractivity contribution in [3.8, 4) is 0 Å². The molecule has 1 N–H and O–H groups in total. The number of carbonyl (C=O) groups is 1. The van der Waals surface area contributed by atoms with E-state index in [4.69, 9.17) is 4.42 Å². The lowest BCUT2D eigenvalue weighted by Crippen LogP contribution is -2.53. The first-order chi connectivity index (χ1) is 6.77. The van der Waals surface area contributed by atoms with E-state index < -0.39 is 0 Å². The number of carbonyl (C=O) groups excluding carboxylic acids is 1. The van der Waals surface area contributed by atoms with Crippen LogP contribution in [0.1, 0.15) is 12.7 Å². The zero-order valence-electron chi connectivity index (χ0n) is 8.19. The van der Waals surface area contributed by atoms with E-state index in [9.17, 15) is 4.79 Å². The van der Waals surface area contributed by atoms with E-state index in [2.05, 4.69) is 5.32 Å². The molecule has 0 spiro atoms. The molecule has 1 amide bonds. The SMILES string of the molecule is CC1NCCN(Cc2ccco2)C1=O. The largest absolute Gasteiger partial charge is 0.467 e. The summed E-state index contributed by atoms with van der Waals surface area (Å²) in [7, 11) is 0. The Kier molecular flexibility index (Phi) is 2.54. The molecular weight excluding hydrogens is 180 g/mol. The second kappa shape index (κ2) is 3.84. The van der Waals surface area contributed by atoms with Gasteiger partial charge in [-0.25, -0.2) is 0 Å². The number of piperazine rings is 1. The molecule has 4 heteroatoms. The maximum absolute atomic E-state index is 11.7. The van der Waals surface area contributed by atoms with Crippen molar-refractivity contribution >= 4 is 5.91 Å².